The Labute approximate surface area is 184 Å². The summed E-state index contributed by atoms with van der Waals surface area (Å²) in [6.07, 6.45) is 3.78. The van der Waals surface area contributed by atoms with E-state index in [1.165, 1.54) is 30.3 Å². The van der Waals surface area contributed by atoms with Crippen LogP contribution in [0.2, 0.25) is 0 Å². The molecule has 5 nitrogen and oxygen atoms in total. The molecule has 1 atom stereocenters. The van der Waals surface area contributed by atoms with E-state index < -0.39 is 17.8 Å². The van der Waals surface area contributed by atoms with Gasteiger partial charge >= 0.3 is 0 Å². The van der Waals surface area contributed by atoms with Crippen molar-refractivity contribution in [2.24, 2.45) is 4.99 Å². The molecule has 2 aromatic carbocycles. The Bertz CT molecular complexity index is 1180. The zero-order valence-electron chi connectivity index (χ0n) is 17.1. The predicted molar refractivity (Wildman–Crippen MR) is 118 cm³/mol. The number of halogens is 2. The topological polar surface area (TPSA) is 74.6 Å². The number of aliphatic imine (C=N–C) groups is 1. The standard InChI is InChI=1S/C25H21F2N3O2/c26-18-6-4-16(5-7-18)17-11-24(29-14-17)23-12-19(27)8-9-22(23)25(32)30-21(15-31)13-20-3-1-2-10-28-20/h1-12,21,31H,13-15H2,(H,30,32)/t21-/m1/s1. The summed E-state index contributed by atoms with van der Waals surface area (Å²) in [7, 11) is 0. The number of nitrogens with zero attached hydrogens (tertiary/aromatic N) is 2. The maximum atomic E-state index is 14.0. The molecule has 1 aliphatic rings. The van der Waals surface area contributed by atoms with Crippen molar-refractivity contribution in [2.45, 2.75) is 12.5 Å². The Morgan fingerprint density at radius 1 is 1.06 bits per heavy atom. The van der Waals surface area contributed by atoms with Crippen LogP contribution in [0.25, 0.3) is 5.57 Å². The number of nitrogens with one attached hydrogen (secondary N) is 1. The van der Waals surface area contributed by atoms with Gasteiger partial charge in [0.05, 0.1) is 24.9 Å². The average Bonchev–Trinajstić information content (AvgIpc) is 3.30. The fourth-order valence-corrected chi connectivity index (χ4v) is 3.55. The normalized spacial score (nSPS) is 14.0. The monoisotopic (exact) mass is 433 g/mol. The number of hydrogen-bond donors (Lipinski definition) is 2. The van der Waals surface area contributed by atoms with Crippen LogP contribution in [0.15, 0.2) is 77.9 Å². The third-order valence-corrected chi connectivity index (χ3v) is 5.19. The van der Waals surface area contributed by atoms with E-state index >= 15 is 0 Å². The van der Waals surface area contributed by atoms with Gasteiger partial charge in [-0.1, -0.05) is 18.2 Å². The molecule has 0 spiro atoms. The Hall–Kier alpha value is -3.71. The summed E-state index contributed by atoms with van der Waals surface area (Å²) in [4.78, 5) is 21.7. The van der Waals surface area contributed by atoms with E-state index in [-0.39, 0.29) is 18.0 Å². The minimum atomic E-state index is -0.550. The quantitative estimate of drug-likeness (QED) is 0.598. The number of hydrogen-bond acceptors (Lipinski definition) is 4. The predicted octanol–water partition coefficient (Wildman–Crippen LogP) is 3.58. The lowest BCUT2D eigenvalue weighted by Crippen LogP contribution is -2.39. The molecular formula is C25H21F2N3O2. The second kappa shape index (κ2) is 9.62. The molecule has 0 unspecified atom stereocenters. The molecule has 162 valence electrons. The van der Waals surface area contributed by atoms with Crippen molar-refractivity contribution in [3.05, 3.63) is 107 Å². The largest absolute Gasteiger partial charge is 0.394 e. The van der Waals surface area contributed by atoms with Crippen molar-refractivity contribution in [3.63, 3.8) is 0 Å². The Morgan fingerprint density at radius 3 is 2.56 bits per heavy atom. The zero-order chi connectivity index (χ0) is 22.5. The van der Waals surface area contributed by atoms with Gasteiger partial charge in [0.1, 0.15) is 11.6 Å². The number of carbonyl (C=O) groups is 1. The molecule has 32 heavy (non-hydrogen) atoms. The summed E-state index contributed by atoms with van der Waals surface area (Å²) in [5, 5.41) is 12.5. The van der Waals surface area contributed by atoms with Gasteiger partial charge in [0.25, 0.3) is 5.91 Å². The van der Waals surface area contributed by atoms with Gasteiger partial charge < -0.3 is 10.4 Å². The molecule has 0 saturated carbocycles. The summed E-state index contributed by atoms with van der Waals surface area (Å²) in [6.45, 7) is 0.0753. The molecular weight excluding hydrogens is 412 g/mol. The first-order chi connectivity index (χ1) is 15.5. The van der Waals surface area contributed by atoms with Crippen LogP contribution in [0, 0.1) is 11.6 Å². The lowest BCUT2D eigenvalue weighted by molar-refractivity contribution is 0.0916. The number of rotatable bonds is 7. The highest BCUT2D eigenvalue weighted by Gasteiger charge is 2.21. The van der Waals surface area contributed by atoms with Gasteiger partial charge in [-0.2, -0.15) is 0 Å². The van der Waals surface area contributed by atoms with Crippen molar-refractivity contribution >= 4 is 17.2 Å². The van der Waals surface area contributed by atoms with E-state index in [1.807, 2.05) is 12.1 Å². The van der Waals surface area contributed by atoms with Gasteiger partial charge in [-0.3, -0.25) is 14.8 Å². The smallest absolute Gasteiger partial charge is 0.252 e. The summed E-state index contributed by atoms with van der Waals surface area (Å²) in [5.74, 6) is -1.27. The Morgan fingerprint density at radius 2 is 1.84 bits per heavy atom. The lowest BCUT2D eigenvalue weighted by atomic mass is 9.99. The molecule has 1 amide bonds. The molecule has 7 heteroatoms. The first-order valence-corrected chi connectivity index (χ1v) is 10.2. The minimum absolute atomic E-state index is 0.251. The van der Waals surface area contributed by atoms with Crippen molar-refractivity contribution < 1.29 is 18.7 Å². The molecule has 3 aromatic rings. The van der Waals surface area contributed by atoms with Gasteiger partial charge in [0.15, 0.2) is 0 Å². The van der Waals surface area contributed by atoms with E-state index in [0.717, 1.165) is 16.8 Å². The number of pyridine rings is 1. The number of aromatic nitrogens is 1. The van der Waals surface area contributed by atoms with Crippen LogP contribution in [0.5, 0.6) is 0 Å². The second-order valence-corrected chi connectivity index (χ2v) is 7.45. The van der Waals surface area contributed by atoms with Crippen molar-refractivity contribution in [1.82, 2.24) is 10.3 Å². The lowest BCUT2D eigenvalue weighted by Gasteiger charge is -2.17. The molecule has 0 saturated heterocycles. The number of benzene rings is 2. The van der Waals surface area contributed by atoms with E-state index in [9.17, 15) is 18.7 Å². The van der Waals surface area contributed by atoms with Crippen molar-refractivity contribution in [3.8, 4) is 0 Å². The summed E-state index contributed by atoms with van der Waals surface area (Å²) in [5.41, 5.74) is 3.47. The molecule has 2 heterocycles. The van der Waals surface area contributed by atoms with Gasteiger partial charge in [-0.05, 0) is 59.7 Å². The molecule has 2 N–H and O–H groups in total. The fraction of sp³-hybridized carbons (Fsp3) is 0.160. The fourth-order valence-electron chi connectivity index (χ4n) is 3.55. The number of aliphatic hydroxyl groups is 1. The van der Waals surface area contributed by atoms with Crippen LogP contribution in [0.4, 0.5) is 8.78 Å². The van der Waals surface area contributed by atoms with Crippen molar-refractivity contribution in [1.29, 1.82) is 0 Å². The molecule has 0 bridgehead atoms. The van der Waals surface area contributed by atoms with Crippen LogP contribution in [-0.2, 0) is 6.42 Å². The van der Waals surface area contributed by atoms with E-state index in [0.29, 0.717) is 24.2 Å². The summed E-state index contributed by atoms with van der Waals surface area (Å²) in [6, 6.07) is 14.8. The Kier molecular flexibility index (Phi) is 6.47. The maximum absolute atomic E-state index is 14.0. The zero-order valence-corrected chi connectivity index (χ0v) is 17.1. The van der Waals surface area contributed by atoms with Crippen LogP contribution in [0.3, 0.4) is 0 Å². The minimum Gasteiger partial charge on any atom is -0.394 e. The molecule has 1 aromatic heterocycles. The van der Waals surface area contributed by atoms with E-state index in [2.05, 4.69) is 15.3 Å². The average molecular weight is 433 g/mol. The number of amides is 1. The summed E-state index contributed by atoms with van der Waals surface area (Å²) >= 11 is 0. The third-order valence-electron chi connectivity index (χ3n) is 5.19. The number of aliphatic hydroxyl groups excluding tert-OH is 1. The maximum Gasteiger partial charge on any atom is 0.252 e. The third kappa shape index (κ3) is 4.95. The molecule has 0 aliphatic carbocycles. The highest BCUT2D eigenvalue weighted by Crippen LogP contribution is 2.24. The van der Waals surface area contributed by atoms with Crippen LogP contribution >= 0.6 is 0 Å². The molecule has 1 aliphatic heterocycles. The SMILES string of the molecule is O=C(N[C@@H](CO)Cc1ccccn1)c1ccc(F)cc1C1=NCC(c2ccc(F)cc2)=C1. The highest BCUT2D eigenvalue weighted by molar-refractivity contribution is 6.19. The van der Waals surface area contributed by atoms with Crippen molar-refractivity contribution in [2.75, 3.05) is 13.2 Å². The number of allylic oxidation sites excluding steroid dienone is 1. The van der Waals surface area contributed by atoms with Crippen LogP contribution < -0.4 is 5.32 Å². The Balaban J connectivity index is 1.56. The van der Waals surface area contributed by atoms with Gasteiger partial charge in [0, 0.05) is 29.4 Å². The van der Waals surface area contributed by atoms with E-state index in [1.54, 1.807) is 30.5 Å². The van der Waals surface area contributed by atoms with Gasteiger partial charge in [-0.15, -0.1) is 0 Å². The first kappa shape index (κ1) is 21.5. The van der Waals surface area contributed by atoms with Crippen LogP contribution in [0.1, 0.15) is 27.2 Å². The molecule has 0 fully saturated rings. The molecule has 4 rings (SSSR count). The van der Waals surface area contributed by atoms with Crippen LogP contribution in [-0.4, -0.2) is 40.9 Å². The second-order valence-electron chi connectivity index (χ2n) is 7.45. The van der Waals surface area contributed by atoms with E-state index in [4.69, 9.17) is 0 Å². The first-order valence-electron chi connectivity index (χ1n) is 10.2. The summed E-state index contributed by atoms with van der Waals surface area (Å²) < 4.78 is 27.3. The number of carbonyl (C=O) groups excluding carboxylic acids is 1. The highest BCUT2D eigenvalue weighted by atomic mass is 19.1. The van der Waals surface area contributed by atoms with Gasteiger partial charge in [0.2, 0.25) is 0 Å². The van der Waals surface area contributed by atoms with Gasteiger partial charge in [-0.25, -0.2) is 8.78 Å². The molecule has 0 radical (unpaired) electrons.